The SMILES string of the molecule is COc1ccc([N+](=O)[O-])c(OC)c1COc1cccc2cnccc12. The van der Waals surface area contributed by atoms with E-state index in [0.29, 0.717) is 17.1 Å². The summed E-state index contributed by atoms with van der Waals surface area (Å²) in [5.74, 6) is 1.24. The Morgan fingerprint density at radius 1 is 1.08 bits per heavy atom. The molecule has 7 nitrogen and oxygen atoms in total. The largest absolute Gasteiger partial charge is 0.496 e. The number of nitrogens with zero attached hydrogens (tertiary/aromatic N) is 2. The van der Waals surface area contributed by atoms with Crippen LogP contribution in [0.1, 0.15) is 5.56 Å². The number of nitro groups is 1. The van der Waals surface area contributed by atoms with E-state index in [0.717, 1.165) is 10.8 Å². The van der Waals surface area contributed by atoms with Gasteiger partial charge in [-0.05, 0) is 18.2 Å². The third kappa shape index (κ3) is 3.16. The molecule has 3 aromatic rings. The highest BCUT2D eigenvalue weighted by molar-refractivity contribution is 5.87. The molecule has 7 heteroatoms. The van der Waals surface area contributed by atoms with Crippen LogP contribution in [0, 0.1) is 10.1 Å². The summed E-state index contributed by atoms with van der Waals surface area (Å²) < 4.78 is 16.5. The van der Waals surface area contributed by atoms with Gasteiger partial charge in [-0.3, -0.25) is 15.1 Å². The second-order valence-corrected chi connectivity index (χ2v) is 5.20. The second kappa shape index (κ2) is 7.04. The van der Waals surface area contributed by atoms with E-state index in [1.54, 1.807) is 12.4 Å². The molecule has 0 N–H and O–H groups in total. The quantitative estimate of drug-likeness (QED) is 0.502. The number of methoxy groups -OCH3 is 2. The molecule has 0 aliphatic rings. The summed E-state index contributed by atoms with van der Waals surface area (Å²) in [4.78, 5) is 14.8. The van der Waals surface area contributed by atoms with E-state index < -0.39 is 4.92 Å². The maximum atomic E-state index is 11.2. The van der Waals surface area contributed by atoms with Crippen LogP contribution in [0.3, 0.4) is 0 Å². The van der Waals surface area contributed by atoms with E-state index in [2.05, 4.69) is 4.98 Å². The van der Waals surface area contributed by atoms with Crippen molar-refractivity contribution in [2.45, 2.75) is 6.61 Å². The highest BCUT2D eigenvalue weighted by Crippen LogP contribution is 2.38. The number of nitro benzene ring substituents is 1. The van der Waals surface area contributed by atoms with Gasteiger partial charge in [0, 0.05) is 29.2 Å². The summed E-state index contributed by atoms with van der Waals surface area (Å²) in [5, 5.41) is 13.1. The minimum Gasteiger partial charge on any atom is -0.496 e. The molecule has 1 heterocycles. The van der Waals surface area contributed by atoms with Crippen LogP contribution in [0.4, 0.5) is 5.69 Å². The van der Waals surface area contributed by atoms with E-state index in [1.165, 1.54) is 26.4 Å². The summed E-state index contributed by atoms with van der Waals surface area (Å²) in [6.07, 6.45) is 3.43. The van der Waals surface area contributed by atoms with E-state index >= 15 is 0 Å². The van der Waals surface area contributed by atoms with Gasteiger partial charge in [-0.15, -0.1) is 0 Å². The zero-order valence-electron chi connectivity index (χ0n) is 13.8. The molecule has 0 radical (unpaired) electrons. The summed E-state index contributed by atoms with van der Waals surface area (Å²) in [6, 6.07) is 10.4. The van der Waals surface area contributed by atoms with Crippen LogP contribution >= 0.6 is 0 Å². The molecular weight excluding hydrogens is 324 g/mol. The number of pyridine rings is 1. The molecule has 1 aromatic heterocycles. The number of rotatable bonds is 6. The average molecular weight is 340 g/mol. The molecule has 3 rings (SSSR count). The molecule has 25 heavy (non-hydrogen) atoms. The summed E-state index contributed by atoms with van der Waals surface area (Å²) in [7, 11) is 2.88. The van der Waals surface area contributed by atoms with Gasteiger partial charge in [-0.1, -0.05) is 12.1 Å². The fraction of sp³-hybridized carbons (Fsp3) is 0.167. The van der Waals surface area contributed by atoms with Crippen LogP contribution < -0.4 is 14.2 Å². The van der Waals surface area contributed by atoms with Crippen LogP contribution in [-0.2, 0) is 6.61 Å². The topological polar surface area (TPSA) is 83.7 Å². The van der Waals surface area contributed by atoms with Crippen molar-refractivity contribution in [3.8, 4) is 17.2 Å². The van der Waals surface area contributed by atoms with Crippen molar-refractivity contribution in [2.75, 3.05) is 14.2 Å². The summed E-state index contributed by atoms with van der Waals surface area (Å²) in [5.41, 5.74) is 0.342. The first-order valence-electron chi connectivity index (χ1n) is 7.49. The van der Waals surface area contributed by atoms with Crippen molar-refractivity contribution >= 4 is 16.5 Å². The molecule has 0 saturated carbocycles. The van der Waals surface area contributed by atoms with Gasteiger partial charge in [0.15, 0.2) is 0 Å². The summed E-state index contributed by atoms with van der Waals surface area (Å²) in [6.45, 7) is 0.0649. The average Bonchev–Trinajstić information content (AvgIpc) is 2.65. The van der Waals surface area contributed by atoms with E-state index in [4.69, 9.17) is 14.2 Å². The van der Waals surface area contributed by atoms with Crippen molar-refractivity contribution in [3.05, 3.63) is 64.5 Å². The predicted molar refractivity (Wildman–Crippen MR) is 92.3 cm³/mol. The summed E-state index contributed by atoms with van der Waals surface area (Å²) >= 11 is 0. The fourth-order valence-corrected chi connectivity index (χ4v) is 2.67. The number of aromatic nitrogens is 1. The predicted octanol–water partition coefficient (Wildman–Crippen LogP) is 3.74. The zero-order chi connectivity index (χ0) is 17.8. The van der Waals surface area contributed by atoms with Crippen LogP contribution in [0.5, 0.6) is 17.2 Å². The Labute approximate surface area is 143 Å². The number of benzene rings is 2. The molecule has 2 aromatic carbocycles. The Kier molecular flexibility index (Phi) is 4.65. The van der Waals surface area contributed by atoms with Gasteiger partial charge in [0.25, 0.3) is 0 Å². The molecule has 128 valence electrons. The molecule has 0 bridgehead atoms. The van der Waals surface area contributed by atoms with Crippen molar-refractivity contribution in [1.29, 1.82) is 0 Å². The van der Waals surface area contributed by atoms with Crippen molar-refractivity contribution in [1.82, 2.24) is 4.98 Å². The van der Waals surface area contributed by atoms with Gasteiger partial charge in [0.2, 0.25) is 5.75 Å². The molecule has 0 atom stereocenters. The number of hydrogen-bond acceptors (Lipinski definition) is 6. The van der Waals surface area contributed by atoms with Gasteiger partial charge >= 0.3 is 5.69 Å². The lowest BCUT2D eigenvalue weighted by Crippen LogP contribution is -2.04. The van der Waals surface area contributed by atoms with Gasteiger partial charge in [-0.2, -0.15) is 0 Å². The van der Waals surface area contributed by atoms with E-state index in [9.17, 15) is 10.1 Å². The normalized spacial score (nSPS) is 10.5. The molecule has 0 spiro atoms. The lowest BCUT2D eigenvalue weighted by molar-refractivity contribution is -0.385. The van der Waals surface area contributed by atoms with Gasteiger partial charge < -0.3 is 14.2 Å². The standard InChI is InChI=1S/C18H16N2O5/c1-23-16-7-6-15(20(21)22)18(24-2)14(16)11-25-17-5-3-4-12-10-19-9-8-13(12)17/h3-10H,11H2,1-2H3. The Morgan fingerprint density at radius 2 is 1.92 bits per heavy atom. The monoisotopic (exact) mass is 340 g/mol. The van der Waals surface area contributed by atoms with Gasteiger partial charge in [0.1, 0.15) is 18.1 Å². The lowest BCUT2D eigenvalue weighted by Gasteiger charge is -2.15. The molecule has 0 aliphatic carbocycles. The minimum absolute atomic E-state index is 0.0649. The number of ether oxygens (including phenoxy) is 3. The van der Waals surface area contributed by atoms with Gasteiger partial charge in [-0.25, -0.2) is 0 Å². The molecule has 0 amide bonds. The number of hydrogen-bond donors (Lipinski definition) is 0. The minimum atomic E-state index is -0.495. The Morgan fingerprint density at radius 3 is 2.64 bits per heavy atom. The number of fused-ring (bicyclic) bond motifs is 1. The molecular formula is C18H16N2O5. The maximum absolute atomic E-state index is 11.2. The smallest absolute Gasteiger partial charge is 0.311 e. The third-order valence-electron chi connectivity index (χ3n) is 3.83. The molecule has 0 unspecified atom stereocenters. The second-order valence-electron chi connectivity index (χ2n) is 5.20. The zero-order valence-corrected chi connectivity index (χ0v) is 13.8. The van der Waals surface area contributed by atoms with Crippen LogP contribution in [-0.4, -0.2) is 24.1 Å². The van der Waals surface area contributed by atoms with Crippen molar-refractivity contribution < 1.29 is 19.1 Å². The highest BCUT2D eigenvalue weighted by atomic mass is 16.6. The van der Waals surface area contributed by atoms with Crippen LogP contribution in [0.2, 0.25) is 0 Å². The lowest BCUT2D eigenvalue weighted by atomic mass is 10.1. The Balaban J connectivity index is 1.99. The Bertz CT molecular complexity index is 921. The van der Waals surface area contributed by atoms with E-state index in [-0.39, 0.29) is 18.0 Å². The first-order valence-corrected chi connectivity index (χ1v) is 7.49. The Hall–Kier alpha value is -3.35. The maximum Gasteiger partial charge on any atom is 0.311 e. The van der Waals surface area contributed by atoms with Crippen LogP contribution in [0.15, 0.2) is 48.8 Å². The highest BCUT2D eigenvalue weighted by Gasteiger charge is 2.23. The van der Waals surface area contributed by atoms with Gasteiger partial charge in [0.05, 0.1) is 24.7 Å². The molecule has 0 saturated heterocycles. The first-order chi connectivity index (χ1) is 12.2. The first kappa shape index (κ1) is 16.5. The molecule has 0 aliphatic heterocycles. The fourth-order valence-electron chi connectivity index (χ4n) is 2.67. The van der Waals surface area contributed by atoms with Crippen molar-refractivity contribution in [2.24, 2.45) is 0 Å². The third-order valence-corrected chi connectivity index (χ3v) is 3.83. The van der Waals surface area contributed by atoms with Crippen molar-refractivity contribution in [3.63, 3.8) is 0 Å². The van der Waals surface area contributed by atoms with Crippen LogP contribution in [0.25, 0.3) is 10.8 Å². The molecule has 0 fully saturated rings. The van der Waals surface area contributed by atoms with E-state index in [1.807, 2.05) is 24.3 Å².